The Balaban J connectivity index is 1.56. The Morgan fingerprint density at radius 2 is 1.92 bits per heavy atom. The molecule has 1 aromatic carbocycles. The fourth-order valence-electron chi connectivity index (χ4n) is 5.11. The molecule has 2 fully saturated rings. The largest absolute Gasteiger partial charge is 0.383 e. The summed E-state index contributed by atoms with van der Waals surface area (Å²) in [4.78, 5) is 20.2. The molecule has 38 heavy (non-hydrogen) atoms. The molecule has 1 aliphatic heterocycles. The van der Waals surface area contributed by atoms with Gasteiger partial charge in [-0.25, -0.2) is 13.4 Å². The van der Waals surface area contributed by atoms with Gasteiger partial charge in [0, 0.05) is 39.7 Å². The lowest BCUT2D eigenvalue weighted by molar-refractivity contribution is -0.124. The Morgan fingerprint density at radius 1 is 1.21 bits per heavy atom. The third-order valence-corrected chi connectivity index (χ3v) is 8.92. The highest BCUT2D eigenvalue weighted by atomic mass is 32.2. The van der Waals surface area contributed by atoms with Crippen LogP contribution in [0.4, 0.5) is 11.6 Å². The Hall–Kier alpha value is -2.69. The van der Waals surface area contributed by atoms with Crippen LogP contribution in [0.5, 0.6) is 0 Å². The Bertz CT molecular complexity index is 1190. The number of aromatic nitrogens is 1. The number of benzene rings is 1. The Morgan fingerprint density at radius 3 is 2.58 bits per heavy atom. The molecule has 1 amide bonds. The van der Waals surface area contributed by atoms with Crippen LogP contribution < -0.4 is 19.8 Å². The number of methoxy groups -OCH3 is 1. The van der Waals surface area contributed by atoms with Gasteiger partial charge in [-0.15, -0.1) is 0 Å². The van der Waals surface area contributed by atoms with Crippen LogP contribution in [-0.2, 0) is 26.1 Å². The van der Waals surface area contributed by atoms with Crippen LogP contribution in [0.1, 0.15) is 43.2 Å². The number of amides is 1. The molecule has 0 spiro atoms. The van der Waals surface area contributed by atoms with Gasteiger partial charge in [0.05, 0.1) is 18.9 Å². The van der Waals surface area contributed by atoms with Crippen molar-refractivity contribution in [2.75, 3.05) is 55.9 Å². The number of piperidine rings is 1. The van der Waals surface area contributed by atoms with Gasteiger partial charge >= 0.3 is 0 Å². The third-order valence-electron chi connectivity index (χ3n) is 7.73. The van der Waals surface area contributed by atoms with Gasteiger partial charge in [0.1, 0.15) is 11.6 Å². The van der Waals surface area contributed by atoms with Crippen LogP contribution in [0.3, 0.4) is 0 Å². The van der Waals surface area contributed by atoms with Gasteiger partial charge in [-0.2, -0.15) is 0 Å². The van der Waals surface area contributed by atoms with Crippen molar-refractivity contribution < 1.29 is 17.9 Å². The molecule has 0 radical (unpaired) electrons. The number of sulfonamides is 1. The quantitative estimate of drug-likeness (QED) is 0.424. The van der Waals surface area contributed by atoms with Crippen LogP contribution in [0.15, 0.2) is 42.5 Å². The van der Waals surface area contributed by atoms with Crippen molar-refractivity contribution in [3.05, 3.63) is 53.6 Å². The second kappa shape index (κ2) is 12.4. The summed E-state index contributed by atoms with van der Waals surface area (Å²) in [5.41, 5.74) is 1.96. The molecule has 2 heterocycles. The molecule has 9 nitrogen and oxygen atoms in total. The third kappa shape index (κ3) is 7.24. The van der Waals surface area contributed by atoms with Crippen molar-refractivity contribution in [2.24, 2.45) is 11.8 Å². The van der Waals surface area contributed by atoms with E-state index in [1.807, 2.05) is 24.3 Å². The van der Waals surface area contributed by atoms with Gasteiger partial charge in [0.15, 0.2) is 0 Å². The molecule has 4 atom stereocenters. The highest BCUT2D eigenvalue weighted by Crippen LogP contribution is 2.39. The zero-order valence-corrected chi connectivity index (χ0v) is 23.7. The number of rotatable bonds is 12. The van der Waals surface area contributed by atoms with Gasteiger partial charge in [-0.05, 0) is 60.9 Å². The normalized spacial score (nSPS) is 23.1. The zero-order valence-electron chi connectivity index (χ0n) is 22.9. The standard InChI is InChI=1S/C28H41N5O4S/c1-20-15-23(20)19-33(13-14-37-3)26-17-21(16-25(31-26)32(2)38(4,35)36)18-30-28(34)27-24(11-8-12-29-27)22-9-6-5-7-10-22/h5-7,9-10,16-17,20,23-24,27,29H,8,11-15,18-19H2,1-4H3,(H,30,34)/t20-,23+,24-,27+/m0/s1. The van der Waals surface area contributed by atoms with E-state index in [-0.39, 0.29) is 24.4 Å². The number of anilines is 2. The number of hydrogen-bond donors (Lipinski definition) is 2. The number of pyridine rings is 1. The molecule has 1 aliphatic carbocycles. The molecule has 1 saturated heterocycles. The average molecular weight is 544 g/mol. The molecule has 0 unspecified atom stereocenters. The minimum absolute atomic E-state index is 0.0574. The van der Waals surface area contributed by atoms with Crippen molar-refractivity contribution in [1.82, 2.24) is 15.6 Å². The van der Waals surface area contributed by atoms with Crippen LogP contribution in [-0.4, -0.2) is 72.0 Å². The number of carbonyl (C=O) groups is 1. The van der Waals surface area contributed by atoms with E-state index in [0.717, 1.165) is 43.3 Å². The average Bonchev–Trinajstić information content (AvgIpc) is 3.63. The molecule has 1 aromatic heterocycles. The first-order valence-corrected chi connectivity index (χ1v) is 15.3. The maximum atomic E-state index is 13.4. The first kappa shape index (κ1) is 28.3. The molecule has 2 N–H and O–H groups in total. The van der Waals surface area contributed by atoms with Crippen LogP contribution in [0.25, 0.3) is 0 Å². The van der Waals surface area contributed by atoms with E-state index in [2.05, 4.69) is 34.6 Å². The van der Waals surface area contributed by atoms with E-state index in [1.165, 1.54) is 17.8 Å². The maximum Gasteiger partial charge on any atom is 0.238 e. The Kier molecular flexibility index (Phi) is 9.27. The summed E-state index contributed by atoms with van der Waals surface area (Å²) in [5.74, 6) is 2.32. The second-order valence-corrected chi connectivity index (χ2v) is 12.7. The molecule has 4 rings (SSSR count). The second-order valence-electron chi connectivity index (χ2n) is 10.6. The molecule has 10 heteroatoms. The molecular formula is C28H41N5O4S. The number of hydrogen-bond acceptors (Lipinski definition) is 7. The summed E-state index contributed by atoms with van der Waals surface area (Å²) in [5, 5.41) is 6.51. The summed E-state index contributed by atoms with van der Waals surface area (Å²) in [6, 6.07) is 13.5. The zero-order chi connectivity index (χ0) is 27.3. The van der Waals surface area contributed by atoms with Gasteiger partial charge in [0.25, 0.3) is 0 Å². The minimum atomic E-state index is -3.51. The van der Waals surface area contributed by atoms with Gasteiger partial charge in [-0.1, -0.05) is 37.3 Å². The highest BCUT2D eigenvalue weighted by molar-refractivity contribution is 7.92. The summed E-state index contributed by atoms with van der Waals surface area (Å²) >= 11 is 0. The molecule has 2 aromatic rings. The summed E-state index contributed by atoms with van der Waals surface area (Å²) < 4.78 is 31.2. The predicted molar refractivity (Wildman–Crippen MR) is 151 cm³/mol. The molecule has 2 aliphatic rings. The lowest BCUT2D eigenvalue weighted by Gasteiger charge is -2.32. The number of nitrogens with one attached hydrogen (secondary N) is 2. The molecule has 0 bridgehead atoms. The highest BCUT2D eigenvalue weighted by Gasteiger charge is 2.35. The van der Waals surface area contributed by atoms with Gasteiger partial charge < -0.3 is 20.3 Å². The predicted octanol–water partition coefficient (Wildman–Crippen LogP) is 2.74. The SMILES string of the molecule is COCCN(C[C@H]1C[C@@H]1C)c1cc(CNC(=O)[C@@H]2NCCC[C@H]2c2ccccc2)cc(N(C)S(C)(=O)=O)n1. The van der Waals surface area contributed by atoms with Crippen LogP contribution in [0, 0.1) is 11.8 Å². The number of ether oxygens (including phenoxy) is 1. The van der Waals surface area contributed by atoms with E-state index >= 15 is 0 Å². The summed E-state index contributed by atoms with van der Waals surface area (Å²) in [7, 11) is -0.336. The Labute approximate surface area is 227 Å². The monoisotopic (exact) mass is 543 g/mol. The van der Waals surface area contributed by atoms with Crippen molar-refractivity contribution in [2.45, 2.75) is 44.7 Å². The van der Waals surface area contributed by atoms with E-state index in [0.29, 0.717) is 36.6 Å². The van der Waals surface area contributed by atoms with Crippen LogP contribution in [0.2, 0.25) is 0 Å². The lowest BCUT2D eigenvalue weighted by atomic mass is 9.84. The molecule has 208 valence electrons. The van der Waals surface area contributed by atoms with Crippen molar-refractivity contribution in [3.8, 4) is 0 Å². The molecule has 1 saturated carbocycles. The maximum absolute atomic E-state index is 13.4. The first-order valence-electron chi connectivity index (χ1n) is 13.4. The van der Waals surface area contributed by atoms with E-state index in [9.17, 15) is 13.2 Å². The first-order chi connectivity index (χ1) is 18.2. The smallest absolute Gasteiger partial charge is 0.238 e. The van der Waals surface area contributed by atoms with Crippen molar-refractivity contribution in [1.29, 1.82) is 0 Å². The minimum Gasteiger partial charge on any atom is -0.383 e. The van der Waals surface area contributed by atoms with Gasteiger partial charge in [-0.3, -0.25) is 9.10 Å². The molecular weight excluding hydrogens is 502 g/mol. The lowest BCUT2D eigenvalue weighted by Crippen LogP contribution is -2.50. The van der Waals surface area contributed by atoms with Crippen molar-refractivity contribution in [3.63, 3.8) is 0 Å². The van der Waals surface area contributed by atoms with Crippen molar-refractivity contribution >= 4 is 27.6 Å². The summed E-state index contributed by atoms with van der Waals surface area (Å²) in [6.07, 6.45) is 4.31. The van der Waals surface area contributed by atoms with Gasteiger partial charge in [0.2, 0.25) is 15.9 Å². The van der Waals surface area contributed by atoms with E-state index in [4.69, 9.17) is 9.72 Å². The fourth-order valence-corrected chi connectivity index (χ4v) is 5.54. The summed E-state index contributed by atoms with van der Waals surface area (Å²) in [6.45, 7) is 5.34. The number of carbonyl (C=O) groups excluding carboxylic acids is 1. The fraction of sp³-hybridized carbons (Fsp3) is 0.571. The van der Waals surface area contributed by atoms with Crippen LogP contribution >= 0.6 is 0 Å². The number of nitrogens with zero attached hydrogens (tertiary/aromatic N) is 3. The topological polar surface area (TPSA) is 104 Å². The van der Waals surface area contributed by atoms with E-state index in [1.54, 1.807) is 13.2 Å². The van der Waals surface area contributed by atoms with E-state index < -0.39 is 10.0 Å².